The summed E-state index contributed by atoms with van der Waals surface area (Å²) in [6, 6.07) is 11.3. The third-order valence-corrected chi connectivity index (χ3v) is 3.81. The quantitative estimate of drug-likeness (QED) is 0.740. The number of aromatic nitrogens is 2. The van der Waals surface area contributed by atoms with Gasteiger partial charge < -0.3 is 9.67 Å². The number of fused-ring (bicyclic) bond motifs is 5. The Bertz CT molecular complexity index is 906. The zero-order valence-electron chi connectivity index (χ0n) is 11.2. The Hall–Kier alpha value is -2.88. The molecule has 0 unspecified atom stereocenters. The van der Waals surface area contributed by atoms with Crippen LogP contribution >= 0.6 is 0 Å². The SMILES string of the molecule is O=C(O)c1ccc2cc3n(c2c1)C=CCc1cccnc1-3. The van der Waals surface area contributed by atoms with Crippen molar-refractivity contribution in [2.45, 2.75) is 6.42 Å². The van der Waals surface area contributed by atoms with Gasteiger partial charge in [-0.05, 0) is 36.2 Å². The fourth-order valence-corrected chi connectivity index (χ4v) is 2.82. The first kappa shape index (κ1) is 11.9. The van der Waals surface area contributed by atoms with E-state index in [1.54, 1.807) is 18.3 Å². The van der Waals surface area contributed by atoms with Crippen LogP contribution in [0.15, 0.2) is 48.7 Å². The van der Waals surface area contributed by atoms with Crippen LogP contribution in [-0.2, 0) is 6.42 Å². The van der Waals surface area contributed by atoms with Gasteiger partial charge in [0.25, 0.3) is 0 Å². The number of aromatic carboxylic acids is 1. The van der Waals surface area contributed by atoms with Crippen LogP contribution in [0.25, 0.3) is 28.5 Å². The van der Waals surface area contributed by atoms with Crippen LogP contribution in [0.2, 0.25) is 0 Å². The van der Waals surface area contributed by atoms with Gasteiger partial charge in [0, 0.05) is 17.8 Å². The second-order valence-corrected chi connectivity index (χ2v) is 5.08. The Morgan fingerprint density at radius 3 is 3.00 bits per heavy atom. The summed E-state index contributed by atoms with van der Waals surface area (Å²) in [5.74, 6) is -0.913. The van der Waals surface area contributed by atoms with E-state index in [0.717, 1.165) is 28.7 Å². The molecule has 3 aromatic rings. The van der Waals surface area contributed by atoms with E-state index in [4.69, 9.17) is 5.11 Å². The average Bonchev–Trinajstić information content (AvgIpc) is 2.75. The molecule has 21 heavy (non-hydrogen) atoms. The molecule has 0 bridgehead atoms. The van der Waals surface area contributed by atoms with E-state index in [-0.39, 0.29) is 0 Å². The number of pyridine rings is 1. The molecule has 0 fully saturated rings. The molecule has 2 aromatic heterocycles. The predicted octanol–water partition coefficient (Wildman–Crippen LogP) is 3.43. The Morgan fingerprint density at radius 2 is 2.14 bits per heavy atom. The van der Waals surface area contributed by atoms with Crippen LogP contribution in [0.3, 0.4) is 0 Å². The first-order valence-electron chi connectivity index (χ1n) is 6.73. The van der Waals surface area contributed by atoms with Crippen molar-refractivity contribution < 1.29 is 9.90 Å². The summed E-state index contributed by atoms with van der Waals surface area (Å²) in [5.41, 5.74) is 4.31. The van der Waals surface area contributed by atoms with Crippen molar-refractivity contribution in [1.29, 1.82) is 0 Å². The number of hydrogen-bond donors (Lipinski definition) is 1. The van der Waals surface area contributed by atoms with E-state index >= 15 is 0 Å². The molecule has 0 saturated heterocycles. The molecular weight excluding hydrogens is 264 g/mol. The summed E-state index contributed by atoms with van der Waals surface area (Å²) in [4.78, 5) is 15.7. The largest absolute Gasteiger partial charge is 0.478 e. The van der Waals surface area contributed by atoms with Crippen LogP contribution in [-0.4, -0.2) is 20.6 Å². The van der Waals surface area contributed by atoms with Crippen molar-refractivity contribution in [2.24, 2.45) is 0 Å². The highest BCUT2D eigenvalue weighted by molar-refractivity contribution is 5.96. The number of hydrogen-bond acceptors (Lipinski definition) is 2. The van der Waals surface area contributed by atoms with Crippen molar-refractivity contribution >= 4 is 23.1 Å². The summed E-state index contributed by atoms with van der Waals surface area (Å²) in [6.45, 7) is 0. The van der Waals surface area contributed by atoms with Crippen molar-refractivity contribution in [3.05, 3.63) is 59.8 Å². The Morgan fingerprint density at radius 1 is 1.24 bits per heavy atom. The lowest BCUT2D eigenvalue weighted by Gasteiger charge is -2.05. The van der Waals surface area contributed by atoms with Crippen LogP contribution in [0.1, 0.15) is 15.9 Å². The zero-order chi connectivity index (χ0) is 14.4. The van der Waals surface area contributed by atoms with Gasteiger partial charge in [0.15, 0.2) is 0 Å². The van der Waals surface area contributed by atoms with E-state index in [1.807, 2.05) is 22.9 Å². The number of nitrogens with zero attached hydrogens (tertiary/aromatic N) is 2. The molecule has 0 spiro atoms. The number of carboxylic acid groups (broad SMARTS) is 1. The Balaban J connectivity index is 2.06. The topological polar surface area (TPSA) is 55.1 Å². The molecule has 4 heteroatoms. The molecule has 1 aromatic carbocycles. The van der Waals surface area contributed by atoms with Gasteiger partial charge in [-0.3, -0.25) is 4.98 Å². The standard InChI is InChI=1S/C17H12N2O2/c20-17(21)13-6-5-12-9-15-16-11(3-1-7-18-16)4-2-8-19(15)14(12)10-13/h1-3,5-10H,4H2,(H,20,21). The Labute approximate surface area is 121 Å². The van der Waals surface area contributed by atoms with Crippen molar-refractivity contribution in [3.63, 3.8) is 0 Å². The summed E-state index contributed by atoms with van der Waals surface area (Å²) in [6.07, 6.45) is 6.68. The smallest absolute Gasteiger partial charge is 0.335 e. The van der Waals surface area contributed by atoms with Crippen molar-refractivity contribution in [2.75, 3.05) is 0 Å². The summed E-state index contributed by atoms with van der Waals surface area (Å²) >= 11 is 0. The summed E-state index contributed by atoms with van der Waals surface area (Å²) < 4.78 is 2.01. The molecule has 0 aliphatic carbocycles. The number of carbonyl (C=O) groups is 1. The van der Waals surface area contributed by atoms with Crippen LogP contribution in [0.5, 0.6) is 0 Å². The zero-order valence-corrected chi connectivity index (χ0v) is 11.2. The van der Waals surface area contributed by atoms with E-state index < -0.39 is 5.97 Å². The van der Waals surface area contributed by atoms with Gasteiger partial charge in [0.1, 0.15) is 0 Å². The van der Waals surface area contributed by atoms with Gasteiger partial charge in [-0.25, -0.2) is 4.79 Å². The molecule has 0 radical (unpaired) electrons. The van der Waals surface area contributed by atoms with E-state index in [0.29, 0.717) is 5.56 Å². The molecule has 102 valence electrons. The highest BCUT2D eigenvalue weighted by Gasteiger charge is 2.16. The molecule has 4 nitrogen and oxygen atoms in total. The lowest BCUT2D eigenvalue weighted by atomic mass is 10.1. The second kappa shape index (κ2) is 4.31. The minimum absolute atomic E-state index is 0.294. The minimum atomic E-state index is -0.913. The molecule has 1 aliphatic heterocycles. The van der Waals surface area contributed by atoms with E-state index in [1.165, 1.54) is 5.56 Å². The number of benzene rings is 1. The van der Waals surface area contributed by atoms with E-state index in [2.05, 4.69) is 23.2 Å². The molecule has 0 amide bonds. The van der Waals surface area contributed by atoms with Gasteiger partial charge in [0.2, 0.25) is 0 Å². The van der Waals surface area contributed by atoms with Crippen LogP contribution in [0, 0.1) is 0 Å². The first-order chi connectivity index (χ1) is 10.2. The lowest BCUT2D eigenvalue weighted by molar-refractivity contribution is 0.0697. The fourth-order valence-electron chi connectivity index (χ4n) is 2.82. The number of allylic oxidation sites excluding steroid dienone is 1. The molecule has 3 heterocycles. The lowest BCUT2D eigenvalue weighted by Crippen LogP contribution is -1.97. The van der Waals surface area contributed by atoms with Crippen LogP contribution in [0.4, 0.5) is 0 Å². The molecular formula is C17H12N2O2. The fraction of sp³-hybridized carbons (Fsp3) is 0.0588. The minimum Gasteiger partial charge on any atom is -0.478 e. The average molecular weight is 276 g/mol. The van der Waals surface area contributed by atoms with Gasteiger partial charge in [-0.1, -0.05) is 18.2 Å². The Kier molecular flexibility index (Phi) is 2.44. The normalized spacial score (nSPS) is 12.8. The second-order valence-electron chi connectivity index (χ2n) is 5.08. The van der Waals surface area contributed by atoms with Crippen molar-refractivity contribution in [1.82, 2.24) is 9.55 Å². The van der Waals surface area contributed by atoms with E-state index in [9.17, 15) is 4.79 Å². The highest BCUT2D eigenvalue weighted by Crippen LogP contribution is 2.32. The molecule has 1 N–H and O–H groups in total. The maximum Gasteiger partial charge on any atom is 0.335 e. The predicted molar refractivity (Wildman–Crippen MR) is 81.2 cm³/mol. The van der Waals surface area contributed by atoms with Gasteiger partial charge in [0.05, 0.1) is 22.5 Å². The van der Waals surface area contributed by atoms with Crippen molar-refractivity contribution in [3.8, 4) is 11.4 Å². The maximum atomic E-state index is 11.2. The van der Waals surface area contributed by atoms with Gasteiger partial charge >= 0.3 is 5.97 Å². The summed E-state index contributed by atoms with van der Waals surface area (Å²) in [5, 5.41) is 10.2. The summed E-state index contributed by atoms with van der Waals surface area (Å²) in [7, 11) is 0. The highest BCUT2D eigenvalue weighted by atomic mass is 16.4. The molecule has 0 atom stereocenters. The third kappa shape index (κ3) is 1.76. The molecule has 1 aliphatic rings. The monoisotopic (exact) mass is 276 g/mol. The third-order valence-electron chi connectivity index (χ3n) is 3.81. The molecule has 0 saturated carbocycles. The molecule has 4 rings (SSSR count). The first-order valence-corrected chi connectivity index (χ1v) is 6.73. The number of rotatable bonds is 1. The number of carboxylic acids is 1. The maximum absolute atomic E-state index is 11.2. The van der Waals surface area contributed by atoms with Gasteiger partial charge in [-0.2, -0.15) is 0 Å². The van der Waals surface area contributed by atoms with Crippen LogP contribution < -0.4 is 0 Å². The van der Waals surface area contributed by atoms with Gasteiger partial charge in [-0.15, -0.1) is 0 Å².